The number of carbonyl (C=O) groups is 1. The summed E-state index contributed by atoms with van der Waals surface area (Å²) in [7, 11) is 0. The lowest BCUT2D eigenvalue weighted by molar-refractivity contribution is 0.0790. The van der Waals surface area contributed by atoms with E-state index < -0.39 is 0 Å². The van der Waals surface area contributed by atoms with Crippen molar-refractivity contribution in [1.82, 2.24) is 9.88 Å². The molecule has 0 bridgehead atoms. The Balaban J connectivity index is 1.71. The second kappa shape index (κ2) is 5.22. The molecular weight excluding hydrogens is 236 g/mol. The van der Waals surface area contributed by atoms with E-state index in [4.69, 9.17) is 0 Å². The Morgan fingerprint density at radius 3 is 2.58 bits per heavy atom. The van der Waals surface area contributed by atoms with E-state index in [1.165, 1.54) is 5.56 Å². The molecule has 0 unspecified atom stereocenters. The van der Waals surface area contributed by atoms with Crippen LogP contribution in [-0.4, -0.2) is 28.9 Å². The molecular formula is C16H16N2O. The largest absolute Gasteiger partial charge is 0.338 e. The highest BCUT2D eigenvalue weighted by atomic mass is 16.2. The molecule has 1 amide bonds. The maximum atomic E-state index is 12.3. The summed E-state index contributed by atoms with van der Waals surface area (Å²) in [6, 6.07) is 14.0. The van der Waals surface area contributed by atoms with Crippen molar-refractivity contribution in [2.75, 3.05) is 13.1 Å². The van der Waals surface area contributed by atoms with Gasteiger partial charge in [-0.15, -0.1) is 0 Å². The zero-order valence-corrected chi connectivity index (χ0v) is 10.7. The average molecular weight is 252 g/mol. The van der Waals surface area contributed by atoms with Crippen LogP contribution >= 0.6 is 0 Å². The van der Waals surface area contributed by atoms with Crippen molar-refractivity contribution in [3.63, 3.8) is 0 Å². The Bertz CT molecular complexity index is 553. The molecule has 3 nitrogen and oxygen atoms in total. The third-order valence-electron chi connectivity index (χ3n) is 3.67. The third kappa shape index (κ3) is 2.50. The summed E-state index contributed by atoms with van der Waals surface area (Å²) in [5.74, 6) is 0.577. The molecule has 96 valence electrons. The van der Waals surface area contributed by atoms with Crippen LogP contribution in [0.4, 0.5) is 0 Å². The fourth-order valence-electron chi connectivity index (χ4n) is 2.62. The summed E-state index contributed by atoms with van der Waals surface area (Å²) < 4.78 is 0. The van der Waals surface area contributed by atoms with Gasteiger partial charge >= 0.3 is 0 Å². The number of aromatic nitrogens is 1. The molecule has 19 heavy (non-hydrogen) atoms. The molecule has 0 aliphatic carbocycles. The summed E-state index contributed by atoms with van der Waals surface area (Å²) in [5.41, 5.74) is 2.05. The van der Waals surface area contributed by atoms with Crippen LogP contribution in [0.3, 0.4) is 0 Å². The number of rotatable bonds is 2. The van der Waals surface area contributed by atoms with Gasteiger partial charge in [-0.25, -0.2) is 0 Å². The number of nitrogens with zero attached hydrogens (tertiary/aromatic N) is 2. The minimum absolute atomic E-state index is 0.112. The number of likely N-dealkylation sites (tertiary alicyclic amines) is 1. The first kappa shape index (κ1) is 11.9. The van der Waals surface area contributed by atoms with Gasteiger partial charge in [0.15, 0.2) is 0 Å². The molecule has 2 heterocycles. The smallest absolute Gasteiger partial charge is 0.253 e. The van der Waals surface area contributed by atoms with Gasteiger partial charge in [0.2, 0.25) is 0 Å². The molecule has 0 spiro atoms. The van der Waals surface area contributed by atoms with Crippen molar-refractivity contribution in [2.45, 2.75) is 12.3 Å². The molecule has 0 N–H and O–H groups in total. The molecule has 3 heteroatoms. The predicted octanol–water partition coefficient (Wildman–Crippen LogP) is 2.71. The Morgan fingerprint density at radius 2 is 1.84 bits per heavy atom. The first-order valence-corrected chi connectivity index (χ1v) is 6.59. The highest BCUT2D eigenvalue weighted by Gasteiger charge is 2.27. The van der Waals surface area contributed by atoms with E-state index in [-0.39, 0.29) is 5.91 Å². The number of amides is 1. The lowest BCUT2D eigenvalue weighted by atomic mass is 9.99. The zero-order valence-electron chi connectivity index (χ0n) is 10.7. The van der Waals surface area contributed by atoms with Crippen molar-refractivity contribution in [3.8, 4) is 0 Å². The van der Waals surface area contributed by atoms with Crippen LogP contribution in [0.15, 0.2) is 54.9 Å². The summed E-state index contributed by atoms with van der Waals surface area (Å²) in [6.45, 7) is 1.64. The maximum Gasteiger partial charge on any atom is 0.253 e. The summed E-state index contributed by atoms with van der Waals surface area (Å²) in [6.07, 6.45) is 4.37. The second-order valence-corrected chi connectivity index (χ2v) is 4.88. The van der Waals surface area contributed by atoms with Gasteiger partial charge in [-0.3, -0.25) is 9.78 Å². The minimum Gasteiger partial charge on any atom is -0.338 e. The molecule has 1 fully saturated rings. The van der Waals surface area contributed by atoms with Gasteiger partial charge in [-0.05, 0) is 24.1 Å². The van der Waals surface area contributed by atoms with Gasteiger partial charge in [0.05, 0.1) is 0 Å². The SMILES string of the molecule is O=C(c1ccncc1)N1CC[C@@H](c2ccccc2)C1. The summed E-state index contributed by atoms with van der Waals surface area (Å²) in [4.78, 5) is 18.2. The first-order valence-electron chi connectivity index (χ1n) is 6.59. The fourth-order valence-corrected chi connectivity index (χ4v) is 2.62. The Morgan fingerprint density at radius 1 is 1.11 bits per heavy atom. The predicted molar refractivity (Wildman–Crippen MR) is 73.9 cm³/mol. The molecule has 1 aromatic carbocycles. The van der Waals surface area contributed by atoms with Crippen molar-refractivity contribution >= 4 is 5.91 Å². The van der Waals surface area contributed by atoms with Crippen molar-refractivity contribution in [1.29, 1.82) is 0 Å². The molecule has 1 saturated heterocycles. The normalized spacial score (nSPS) is 18.5. The Hall–Kier alpha value is -2.16. The number of pyridine rings is 1. The Kier molecular flexibility index (Phi) is 3.27. The number of hydrogen-bond acceptors (Lipinski definition) is 2. The highest BCUT2D eigenvalue weighted by molar-refractivity contribution is 5.94. The van der Waals surface area contributed by atoms with Crippen LogP contribution in [0.25, 0.3) is 0 Å². The standard InChI is InChI=1S/C16H16N2O/c19-16(14-6-9-17-10-7-14)18-11-8-15(12-18)13-4-2-1-3-5-13/h1-7,9-10,15H,8,11-12H2/t15-/m1/s1. The molecule has 1 aliphatic heterocycles. The van der Waals surface area contributed by atoms with Gasteiger partial charge in [0, 0.05) is 37.0 Å². The lowest BCUT2D eigenvalue weighted by Gasteiger charge is -2.16. The van der Waals surface area contributed by atoms with Crippen molar-refractivity contribution < 1.29 is 4.79 Å². The van der Waals surface area contributed by atoms with E-state index in [2.05, 4.69) is 29.2 Å². The van der Waals surface area contributed by atoms with E-state index in [9.17, 15) is 4.79 Å². The molecule has 1 atom stereocenters. The third-order valence-corrected chi connectivity index (χ3v) is 3.67. The molecule has 0 radical (unpaired) electrons. The topological polar surface area (TPSA) is 33.2 Å². The van der Waals surface area contributed by atoms with Crippen LogP contribution < -0.4 is 0 Å². The zero-order chi connectivity index (χ0) is 13.1. The summed E-state index contributed by atoms with van der Waals surface area (Å²) in [5, 5.41) is 0. The monoisotopic (exact) mass is 252 g/mol. The van der Waals surface area contributed by atoms with Gasteiger partial charge in [-0.1, -0.05) is 30.3 Å². The van der Waals surface area contributed by atoms with Gasteiger partial charge in [-0.2, -0.15) is 0 Å². The molecule has 2 aromatic rings. The maximum absolute atomic E-state index is 12.3. The van der Waals surface area contributed by atoms with Crippen LogP contribution in [0.5, 0.6) is 0 Å². The lowest BCUT2D eigenvalue weighted by Crippen LogP contribution is -2.28. The average Bonchev–Trinajstić information content (AvgIpc) is 2.98. The van der Waals surface area contributed by atoms with E-state index in [1.54, 1.807) is 24.5 Å². The van der Waals surface area contributed by atoms with Gasteiger partial charge < -0.3 is 4.90 Å². The molecule has 1 aliphatic rings. The van der Waals surface area contributed by atoms with E-state index in [0.717, 1.165) is 25.1 Å². The fraction of sp³-hybridized carbons (Fsp3) is 0.250. The van der Waals surface area contributed by atoms with Gasteiger partial charge in [0.1, 0.15) is 0 Å². The van der Waals surface area contributed by atoms with Gasteiger partial charge in [0.25, 0.3) is 5.91 Å². The number of carbonyl (C=O) groups excluding carboxylic acids is 1. The number of benzene rings is 1. The van der Waals surface area contributed by atoms with Crippen LogP contribution in [0.2, 0.25) is 0 Å². The quantitative estimate of drug-likeness (QED) is 0.823. The molecule has 3 rings (SSSR count). The minimum atomic E-state index is 0.112. The van der Waals surface area contributed by atoms with Crippen molar-refractivity contribution in [2.24, 2.45) is 0 Å². The van der Waals surface area contributed by atoms with E-state index in [0.29, 0.717) is 5.92 Å². The van der Waals surface area contributed by atoms with E-state index >= 15 is 0 Å². The van der Waals surface area contributed by atoms with E-state index in [1.807, 2.05) is 11.0 Å². The van der Waals surface area contributed by atoms with Crippen LogP contribution in [0, 0.1) is 0 Å². The molecule has 0 saturated carbocycles. The van der Waals surface area contributed by atoms with Crippen molar-refractivity contribution in [3.05, 3.63) is 66.0 Å². The molecule has 1 aromatic heterocycles. The summed E-state index contributed by atoms with van der Waals surface area (Å²) >= 11 is 0. The number of hydrogen-bond donors (Lipinski definition) is 0. The highest BCUT2D eigenvalue weighted by Crippen LogP contribution is 2.27. The van der Waals surface area contributed by atoms with Crippen LogP contribution in [0.1, 0.15) is 28.3 Å². The van der Waals surface area contributed by atoms with Crippen LogP contribution in [-0.2, 0) is 0 Å². The first-order chi connectivity index (χ1) is 9.34. The Labute approximate surface area is 112 Å². The second-order valence-electron chi connectivity index (χ2n) is 4.88.